The van der Waals surface area contributed by atoms with Gasteiger partial charge >= 0.3 is 0 Å². The lowest BCUT2D eigenvalue weighted by Crippen LogP contribution is -2.47. The van der Waals surface area contributed by atoms with Crippen molar-refractivity contribution < 1.29 is 4.79 Å². The molecular weight excluding hydrogens is 503 g/mol. The van der Waals surface area contributed by atoms with Gasteiger partial charge in [0.25, 0.3) is 0 Å². The Morgan fingerprint density at radius 2 is 1.84 bits per heavy atom. The first-order valence-corrected chi connectivity index (χ1v) is 11.5. The average Bonchev–Trinajstić information content (AvgIpc) is 3.27. The van der Waals surface area contributed by atoms with Crippen LogP contribution in [0.4, 0.5) is 5.69 Å². The third-order valence-electron chi connectivity index (χ3n) is 6.10. The highest BCUT2D eigenvalue weighted by Gasteiger charge is 2.25. The van der Waals surface area contributed by atoms with Gasteiger partial charge in [-0.25, -0.2) is 0 Å². The number of aliphatic imine (C=N–C) groups is 1. The molecule has 2 fully saturated rings. The second-order valence-corrected chi connectivity index (χ2v) is 8.19. The number of carbonyl (C=O) groups is 1. The summed E-state index contributed by atoms with van der Waals surface area (Å²) in [6, 6.07) is 11.0. The predicted octanol–water partition coefficient (Wildman–Crippen LogP) is 2.38. The number of anilines is 1. The van der Waals surface area contributed by atoms with E-state index in [1.807, 2.05) is 18.9 Å². The molecule has 0 aliphatic carbocycles. The Morgan fingerprint density at radius 1 is 1.10 bits per heavy atom. The Hall–Kier alpha value is -1.55. The fraction of sp³-hybridized carbons (Fsp3) is 0.652. The van der Waals surface area contributed by atoms with Crippen LogP contribution in [0.2, 0.25) is 0 Å². The monoisotopic (exact) mass is 542 g/mol. The van der Waals surface area contributed by atoms with Crippen molar-refractivity contribution in [2.45, 2.75) is 38.6 Å². The largest absolute Gasteiger partial charge is 0.369 e. The number of para-hydroxylation sites is 1. The molecule has 3 rings (SSSR count). The van der Waals surface area contributed by atoms with E-state index in [1.165, 1.54) is 12.1 Å². The number of nitrogens with one attached hydrogen (secondary N) is 2. The molecule has 2 N–H and O–H groups in total. The van der Waals surface area contributed by atoms with E-state index in [0.29, 0.717) is 12.5 Å². The Bertz CT molecular complexity index is 678. The molecule has 2 aliphatic rings. The third-order valence-corrected chi connectivity index (χ3v) is 6.10. The second-order valence-electron chi connectivity index (χ2n) is 8.19. The molecule has 174 valence electrons. The minimum absolute atomic E-state index is 0. The number of unbranched alkanes of at least 4 members (excludes halogenated alkanes) is 1. The summed E-state index contributed by atoms with van der Waals surface area (Å²) in [6.07, 6.45) is 3.89. The standard InChI is InChI=1S/C23H38N6O.HI/c1-3-22(30)29-14-11-20(19-29)26-23(24-2)25-12-7-8-13-27-15-17-28(18-16-27)21-9-5-4-6-10-21;/h4-6,9-10,20H,3,7-8,11-19H2,1-2H3,(H2,24,25,26);1H. The summed E-state index contributed by atoms with van der Waals surface area (Å²) in [4.78, 5) is 23.2. The van der Waals surface area contributed by atoms with Gasteiger partial charge in [0.1, 0.15) is 0 Å². The number of benzene rings is 1. The lowest BCUT2D eigenvalue weighted by molar-refractivity contribution is -0.129. The maximum atomic E-state index is 11.8. The van der Waals surface area contributed by atoms with Crippen LogP contribution in [0.15, 0.2) is 35.3 Å². The van der Waals surface area contributed by atoms with Crippen molar-refractivity contribution in [3.05, 3.63) is 30.3 Å². The third kappa shape index (κ3) is 8.14. The zero-order chi connectivity index (χ0) is 21.2. The topological polar surface area (TPSA) is 63.2 Å². The molecule has 0 saturated carbocycles. The summed E-state index contributed by atoms with van der Waals surface area (Å²) in [5.41, 5.74) is 1.34. The van der Waals surface area contributed by atoms with Crippen LogP contribution in [0, 0.1) is 0 Å². The highest BCUT2D eigenvalue weighted by molar-refractivity contribution is 14.0. The lowest BCUT2D eigenvalue weighted by atomic mass is 10.2. The number of hydrogen-bond donors (Lipinski definition) is 2. The molecule has 0 radical (unpaired) electrons. The molecule has 0 bridgehead atoms. The molecule has 2 saturated heterocycles. The Kier molecular flexibility index (Phi) is 11.4. The van der Waals surface area contributed by atoms with E-state index < -0.39 is 0 Å². The molecule has 1 aromatic carbocycles. The van der Waals surface area contributed by atoms with Gasteiger partial charge in [-0.2, -0.15) is 0 Å². The highest BCUT2D eigenvalue weighted by atomic mass is 127. The number of piperazine rings is 1. The Balaban J connectivity index is 0.00000341. The van der Waals surface area contributed by atoms with Gasteiger partial charge in [0.15, 0.2) is 5.96 Å². The van der Waals surface area contributed by atoms with E-state index in [2.05, 4.69) is 55.8 Å². The van der Waals surface area contributed by atoms with Crippen molar-refractivity contribution in [3.8, 4) is 0 Å². The molecule has 8 heteroatoms. The smallest absolute Gasteiger partial charge is 0.222 e. The average molecular weight is 543 g/mol. The quantitative estimate of drug-likeness (QED) is 0.229. The van der Waals surface area contributed by atoms with Crippen LogP contribution in [0.25, 0.3) is 0 Å². The number of rotatable bonds is 8. The zero-order valence-electron chi connectivity index (χ0n) is 19.1. The van der Waals surface area contributed by atoms with E-state index >= 15 is 0 Å². The summed E-state index contributed by atoms with van der Waals surface area (Å²) < 4.78 is 0. The molecule has 0 spiro atoms. The highest BCUT2D eigenvalue weighted by Crippen LogP contribution is 2.15. The SMILES string of the molecule is CCC(=O)N1CCC(NC(=NC)NCCCCN2CCN(c3ccccc3)CC2)C1.I. The van der Waals surface area contributed by atoms with Crippen molar-refractivity contribution >= 4 is 41.5 Å². The summed E-state index contributed by atoms with van der Waals surface area (Å²) in [6.45, 7) is 10.1. The molecule has 1 amide bonds. The van der Waals surface area contributed by atoms with Gasteiger partial charge in [0.2, 0.25) is 5.91 Å². The molecule has 2 heterocycles. The van der Waals surface area contributed by atoms with Gasteiger partial charge in [0.05, 0.1) is 0 Å². The maximum Gasteiger partial charge on any atom is 0.222 e. The summed E-state index contributed by atoms with van der Waals surface area (Å²) in [5.74, 6) is 1.09. The van der Waals surface area contributed by atoms with Gasteiger partial charge in [0, 0.05) is 71.0 Å². The number of nitrogens with zero attached hydrogens (tertiary/aromatic N) is 4. The summed E-state index contributed by atoms with van der Waals surface area (Å²) >= 11 is 0. The van der Waals surface area contributed by atoms with Crippen LogP contribution in [0.5, 0.6) is 0 Å². The number of carbonyl (C=O) groups excluding carboxylic acids is 1. The van der Waals surface area contributed by atoms with Crippen LogP contribution >= 0.6 is 24.0 Å². The molecular formula is C23H39IN6O. The first-order valence-electron chi connectivity index (χ1n) is 11.5. The number of hydrogen-bond acceptors (Lipinski definition) is 4. The molecule has 2 aliphatic heterocycles. The lowest BCUT2D eigenvalue weighted by Gasteiger charge is -2.36. The van der Waals surface area contributed by atoms with E-state index in [0.717, 1.165) is 71.2 Å². The minimum Gasteiger partial charge on any atom is -0.369 e. The van der Waals surface area contributed by atoms with Crippen molar-refractivity contribution in [2.75, 3.05) is 64.3 Å². The van der Waals surface area contributed by atoms with E-state index in [9.17, 15) is 4.79 Å². The van der Waals surface area contributed by atoms with E-state index in [-0.39, 0.29) is 29.9 Å². The van der Waals surface area contributed by atoms with Crippen molar-refractivity contribution in [3.63, 3.8) is 0 Å². The molecule has 1 atom stereocenters. The summed E-state index contributed by atoms with van der Waals surface area (Å²) in [7, 11) is 1.81. The molecule has 1 aromatic rings. The van der Waals surface area contributed by atoms with Gasteiger partial charge in [-0.15, -0.1) is 24.0 Å². The zero-order valence-corrected chi connectivity index (χ0v) is 21.4. The minimum atomic E-state index is 0. The van der Waals surface area contributed by atoms with Crippen molar-refractivity contribution in [2.24, 2.45) is 4.99 Å². The van der Waals surface area contributed by atoms with E-state index in [4.69, 9.17) is 0 Å². The number of guanidine groups is 1. The molecule has 0 aromatic heterocycles. The first-order chi connectivity index (χ1) is 14.7. The second kappa shape index (κ2) is 13.8. The normalized spacial score (nSPS) is 19.8. The summed E-state index contributed by atoms with van der Waals surface area (Å²) in [5, 5.41) is 6.89. The fourth-order valence-electron chi connectivity index (χ4n) is 4.25. The number of halogens is 1. The Morgan fingerprint density at radius 3 is 2.52 bits per heavy atom. The number of amides is 1. The molecule has 7 nitrogen and oxygen atoms in total. The van der Waals surface area contributed by atoms with Gasteiger partial charge in [-0.3, -0.25) is 14.7 Å². The molecule has 31 heavy (non-hydrogen) atoms. The maximum absolute atomic E-state index is 11.8. The van der Waals surface area contributed by atoms with Crippen LogP contribution < -0.4 is 15.5 Å². The van der Waals surface area contributed by atoms with Gasteiger partial charge < -0.3 is 20.4 Å². The van der Waals surface area contributed by atoms with E-state index in [1.54, 1.807) is 0 Å². The van der Waals surface area contributed by atoms with Crippen molar-refractivity contribution in [1.82, 2.24) is 20.4 Å². The van der Waals surface area contributed by atoms with Gasteiger partial charge in [-0.1, -0.05) is 25.1 Å². The van der Waals surface area contributed by atoms with Crippen LogP contribution in [0.3, 0.4) is 0 Å². The van der Waals surface area contributed by atoms with Crippen LogP contribution in [-0.2, 0) is 4.79 Å². The van der Waals surface area contributed by atoms with Crippen LogP contribution in [0.1, 0.15) is 32.6 Å². The van der Waals surface area contributed by atoms with Crippen molar-refractivity contribution in [1.29, 1.82) is 0 Å². The first kappa shape index (κ1) is 25.7. The molecule has 1 unspecified atom stereocenters. The van der Waals surface area contributed by atoms with Crippen LogP contribution in [-0.4, -0.2) is 87.1 Å². The Labute approximate surface area is 204 Å². The fourth-order valence-corrected chi connectivity index (χ4v) is 4.25. The number of likely N-dealkylation sites (tertiary alicyclic amines) is 1. The predicted molar refractivity (Wildman–Crippen MR) is 140 cm³/mol. The van der Waals surface area contributed by atoms with Gasteiger partial charge in [-0.05, 0) is 37.9 Å².